The molecule has 1 aliphatic rings. The topological polar surface area (TPSA) is 76.7 Å². The van der Waals surface area contributed by atoms with Crippen molar-refractivity contribution in [2.45, 2.75) is 25.3 Å². The Morgan fingerprint density at radius 2 is 1.88 bits per heavy atom. The van der Waals surface area contributed by atoms with Crippen molar-refractivity contribution >= 4 is 17.5 Å². The minimum Gasteiger partial charge on any atom is -0.497 e. The fraction of sp³-hybridized carbons (Fsp3) is 0.300. The summed E-state index contributed by atoms with van der Waals surface area (Å²) in [5.41, 5.74) is 1.85. The van der Waals surface area contributed by atoms with Gasteiger partial charge in [0.25, 0.3) is 5.91 Å². The summed E-state index contributed by atoms with van der Waals surface area (Å²) in [7, 11) is 3.13. The third-order valence-corrected chi connectivity index (χ3v) is 4.16. The molecule has 0 heterocycles. The van der Waals surface area contributed by atoms with Crippen LogP contribution in [0.25, 0.3) is 0 Å². The predicted octanol–water partition coefficient (Wildman–Crippen LogP) is 2.78. The second kappa shape index (κ2) is 7.91. The average Bonchev–Trinajstić information content (AvgIpc) is 3.45. The minimum atomic E-state index is -0.198. The number of amides is 2. The molecule has 0 atom stereocenters. The molecule has 2 aromatic carbocycles. The van der Waals surface area contributed by atoms with Crippen LogP contribution in [0.3, 0.4) is 0 Å². The fourth-order valence-corrected chi connectivity index (χ4v) is 2.63. The maximum Gasteiger partial charge on any atom is 0.251 e. The van der Waals surface area contributed by atoms with Gasteiger partial charge < -0.3 is 20.1 Å². The van der Waals surface area contributed by atoms with Gasteiger partial charge in [0.2, 0.25) is 5.91 Å². The second-order valence-corrected chi connectivity index (χ2v) is 6.23. The molecule has 6 heteroatoms. The van der Waals surface area contributed by atoms with Crippen LogP contribution in [-0.4, -0.2) is 32.1 Å². The van der Waals surface area contributed by atoms with Gasteiger partial charge in [0, 0.05) is 22.9 Å². The summed E-state index contributed by atoms with van der Waals surface area (Å²) in [5.74, 6) is 0.972. The van der Waals surface area contributed by atoms with E-state index in [0.29, 0.717) is 28.8 Å². The van der Waals surface area contributed by atoms with Gasteiger partial charge in [0.1, 0.15) is 11.5 Å². The molecule has 1 saturated carbocycles. The lowest BCUT2D eigenvalue weighted by atomic mass is 10.1. The smallest absolute Gasteiger partial charge is 0.251 e. The molecule has 0 aliphatic heterocycles. The third kappa shape index (κ3) is 4.53. The van der Waals surface area contributed by atoms with Crippen molar-refractivity contribution in [2.75, 3.05) is 19.5 Å². The molecule has 2 aromatic rings. The average molecular weight is 354 g/mol. The van der Waals surface area contributed by atoms with Crippen LogP contribution < -0.4 is 20.1 Å². The Bertz CT molecular complexity index is 815. The molecule has 0 saturated heterocycles. The first-order valence-corrected chi connectivity index (χ1v) is 8.50. The van der Waals surface area contributed by atoms with Crippen LogP contribution in [0.1, 0.15) is 28.8 Å². The van der Waals surface area contributed by atoms with Crippen molar-refractivity contribution in [3.63, 3.8) is 0 Å². The highest BCUT2D eigenvalue weighted by Crippen LogP contribution is 2.25. The van der Waals surface area contributed by atoms with Gasteiger partial charge >= 0.3 is 0 Å². The van der Waals surface area contributed by atoms with Crippen molar-refractivity contribution in [1.82, 2.24) is 5.32 Å². The van der Waals surface area contributed by atoms with E-state index in [1.54, 1.807) is 56.7 Å². The lowest BCUT2D eigenvalue weighted by Gasteiger charge is -2.11. The van der Waals surface area contributed by atoms with Crippen LogP contribution in [0.5, 0.6) is 11.5 Å². The first kappa shape index (κ1) is 17.8. The van der Waals surface area contributed by atoms with Crippen molar-refractivity contribution < 1.29 is 19.1 Å². The molecule has 0 aromatic heterocycles. The monoisotopic (exact) mass is 354 g/mol. The van der Waals surface area contributed by atoms with Crippen LogP contribution >= 0.6 is 0 Å². The molecule has 1 aliphatic carbocycles. The Morgan fingerprint density at radius 1 is 1.08 bits per heavy atom. The Kier molecular flexibility index (Phi) is 5.41. The van der Waals surface area contributed by atoms with E-state index in [2.05, 4.69) is 10.6 Å². The molecule has 6 nitrogen and oxygen atoms in total. The molecule has 0 spiro atoms. The van der Waals surface area contributed by atoms with Crippen molar-refractivity contribution in [3.05, 3.63) is 53.6 Å². The third-order valence-electron chi connectivity index (χ3n) is 4.16. The fourth-order valence-electron chi connectivity index (χ4n) is 2.63. The highest BCUT2D eigenvalue weighted by molar-refractivity contribution is 5.98. The van der Waals surface area contributed by atoms with E-state index in [4.69, 9.17) is 9.47 Å². The van der Waals surface area contributed by atoms with Gasteiger partial charge in [-0.15, -0.1) is 0 Å². The molecule has 2 N–H and O–H groups in total. The molecule has 26 heavy (non-hydrogen) atoms. The normalized spacial score (nSPS) is 13.0. The van der Waals surface area contributed by atoms with Crippen molar-refractivity contribution in [3.8, 4) is 11.5 Å². The number of carbonyl (C=O) groups is 2. The number of hydrogen-bond donors (Lipinski definition) is 2. The molecule has 2 amide bonds. The molecule has 0 unspecified atom stereocenters. The van der Waals surface area contributed by atoms with Crippen LogP contribution in [-0.2, 0) is 11.2 Å². The summed E-state index contributed by atoms with van der Waals surface area (Å²) < 4.78 is 10.5. The van der Waals surface area contributed by atoms with Gasteiger partial charge in [-0.05, 0) is 49.2 Å². The minimum absolute atomic E-state index is 0.113. The van der Waals surface area contributed by atoms with Gasteiger partial charge in [-0.1, -0.05) is 6.07 Å². The quantitative estimate of drug-likeness (QED) is 0.802. The van der Waals surface area contributed by atoms with Gasteiger partial charge in [0.15, 0.2) is 0 Å². The lowest BCUT2D eigenvalue weighted by Crippen LogP contribution is -2.25. The van der Waals surface area contributed by atoms with Crippen LogP contribution in [0.15, 0.2) is 42.5 Å². The van der Waals surface area contributed by atoms with E-state index < -0.39 is 0 Å². The zero-order chi connectivity index (χ0) is 18.5. The Hall–Kier alpha value is -3.02. The summed E-state index contributed by atoms with van der Waals surface area (Å²) in [5, 5.41) is 5.76. The second-order valence-electron chi connectivity index (χ2n) is 6.23. The largest absolute Gasteiger partial charge is 0.497 e. The maximum absolute atomic E-state index is 12.4. The maximum atomic E-state index is 12.4. The van der Waals surface area contributed by atoms with E-state index >= 15 is 0 Å². The van der Waals surface area contributed by atoms with E-state index in [9.17, 15) is 9.59 Å². The SMILES string of the molecule is COc1ccc(OC)c(CC(=O)Nc2cccc(C(=O)NC3CC3)c2)c1. The number of ether oxygens (including phenoxy) is 2. The zero-order valence-electron chi connectivity index (χ0n) is 14.9. The first-order chi connectivity index (χ1) is 12.6. The highest BCUT2D eigenvalue weighted by atomic mass is 16.5. The summed E-state index contributed by atoms with van der Waals surface area (Å²) in [6, 6.07) is 12.5. The Balaban J connectivity index is 1.67. The Morgan fingerprint density at radius 3 is 2.58 bits per heavy atom. The number of rotatable bonds is 7. The van der Waals surface area contributed by atoms with E-state index in [-0.39, 0.29) is 18.2 Å². The van der Waals surface area contributed by atoms with E-state index in [0.717, 1.165) is 18.4 Å². The van der Waals surface area contributed by atoms with Crippen molar-refractivity contribution in [2.24, 2.45) is 0 Å². The van der Waals surface area contributed by atoms with Crippen LogP contribution in [0.4, 0.5) is 5.69 Å². The van der Waals surface area contributed by atoms with E-state index in [1.165, 1.54) is 0 Å². The van der Waals surface area contributed by atoms with Gasteiger partial charge in [-0.2, -0.15) is 0 Å². The Labute approximate surface area is 152 Å². The summed E-state index contributed by atoms with van der Waals surface area (Å²) in [6.45, 7) is 0. The number of nitrogens with one attached hydrogen (secondary N) is 2. The van der Waals surface area contributed by atoms with Gasteiger partial charge in [-0.25, -0.2) is 0 Å². The summed E-state index contributed by atoms with van der Waals surface area (Å²) in [6.07, 6.45) is 2.20. The number of carbonyl (C=O) groups excluding carboxylic acids is 2. The highest BCUT2D eigenvalue weighted by Gasteiger charge is 2.23. The number of methoxy groups -OCH3 is 2. The molecule has 3 rings (SSSR count). The van der Waals surface area contributed by atoms with Gasteiger partial charge in [0.05, 0.1) is 20.6 Å². The van der Waals surface area contributed by atoms with Crippen LogP contribution in [0.2, 0.25) is 0 Å². The predicted molar refractivity (Wildman–Crippen MR) is 98.8 cm³/mol. The molecule has 0 bridgehead atoms. The standard InChI is InChI=1S/C20H22N2O4/c1-25-17-8-9-18(26-2)14(11-17)12-19(23)21-16-5-3-4-13(10-16)20(24)22-15-6-7-15/h3-5,8-11,15H,6-7,12H2,1-2H3,(H,21,23)(H,22,24). The molecular formula is C20H22N2O4. The molecule has 136 valence electrons. The summed E-state index contributed by atoms with van der Waals surface area (Å²) >= 11 is 0. The number of anilines is 1. The molecule has 0 radical (unpaired) electrons. The lowest BCUT2D eigenvalue weighted by molar-refractivity contribution is -0.115. The van der Waals surface area contributed by atoms with E-state index in [1.807, 2.05) is 0 Å². The number of benzene rings is 2. The van der Waals surface area contributed by atoms with Crippen LogP contribution in [0, 0.1) is 0 Å². The molecular weight excluding hydrogens is 332 g/mol. The number of hydrogen-bond acceptors (Lipinski definition) is 4. The first-order valence-electron chi connectivity index (χ1n) is 8.50. The zero-order valence-corrected chi connectivity index (χ0v) is 14.9. The van der Waals surface area contributed by atoms with Crippen molar-refractivity contribution in [1.29, 1.82) is 0 Å². The molecule has 1 fully saturated rings. The summed E-state index contributed by atoms with van der Waals surface area (Å²) in [4.78, 5) is 24.5. The van der Waals surface area contributed by atoms with Gasteiger partial charge in [-0.3, -0.25) is 9.59 Å².